The van der Waals surface area contributed by atoms with Crippen LogP contribution in [-0.2, 0) is 23.9 Å². The number of carbonyl (C=O) groups is 5. The van der Waals surface area contributed by atoms with Crippen LogP contribution in [0.5, 0.6) is 0 Å². The van der Waals surface area contributed by atoms with Crippen molar-refractivity contribution in [1.82, 2.24) is 20.4 Å². The molecule has 0 unspecified atom stereocenters. The minimum atomic E-state index is -1.07. The average molecular weight is 601 g/mol. The SMILES string of the molecule is CC[C@H](C)[C@H](NC(=O)[C@@H]1OC(=O)N[C@@H]1CCCCCCCCl)C(=O)N(C)[C@@H](CC(C)C)C(=O)N1CCC[C@H]1C(=O)O. The Morgan fingerprint density at radius 2 is 1.80 bits per heavy atom. The molecule has 2 fully saturated rings. The molecule has 0 aliphatic carbocycles. The Kier molecular flexibility index (Phi) is 14.2. The first-order valence-electron chi connectivity index (χ1n) is 15.1. The van der Waals surface area contributed by atoms with Crippen molar-refractivity contribution in [2.75, 3.05) is 19.5 Å². The summed E-state index contributed by atoms with van der Waals surface area (Å²) in [6, 6.07) is -3.24. The maximum atomic E-state index is 13.9. The standard InChI is InChI=1S/C29H49ClN4O7/c1-6-19(4)23(32-25(35)24-20(31-29(40)41-24)13-10-8-7-9-11-15-30)27(37)33(5)22(17-18(2)3)26(36)34-16-12-14-21(34)28(38)39/h18-24H,6-17H2,1-5H3,(H,31,40)(H,32,35)(H,38,39)/t19-,20+,21-,22-,23-,24+/m0/s1. The number of nitrogens with one attached hydrogen (secondary N) is 2. The number of unbranched alkanes of at least 4 members (excludes halogenated alkanes) is 4. The zero-order valence-electron chi connectivity index (χ0n) is 25.2. The third kappa shape index (κ3) is 9.75. The van der Waals surface area contributed by atoms with Gasteiger partial charge in [-0.15, -0.1) is 11.6 Å². The molecule has 2 saturated heterocycles. The van der Waals surface area contributed by atoms with Gasteiger partial charge in [0.2, 0.25) is 17.9 Å². The van der Waals surface area contributed by atoms with Crippen LogP contribution in [0.2, 0.25) is 0 Å². The Balaban J connectivity index is 2.16. The molecule has 0 spiro atoms. The Labute approximate surface area is 249 Å². The molecule has 11 nitrogen and oxygen atoms in total. The number of hydrogen-bond donors (Lipinski definition) is 3. The van der Waals surface area contributed by atoms with E-state index in [1.807, 2.05) is 27.7 Å². The topological polar surface area (TPSA) is 145 Å². The van der Waals surface area contributed by atoms with E-state index in [4.69, 9.17) is 16.3 Å². The molecule has 0 aromatic heterocycles. The van der Waals surface area contributed by atoms with Gasteiger partial charge in [0.15, 0.2) is 0 Å². The van der Waals surface area contributed by atoms with E-state index in [0.717, 1.165) is 32.1 Å². The monoisotopic (exact) mass is 600 g/mol. The predicted molar refractivity (Wildman–Crippen MR) is 155 cm³/mol. The lowest BCUT2D eigenvalue weighted by Gasteiger charge is -2.36. The first-order chi connectivity index (χ1) is 19.4. The van der Waals surface area contributed by atoms with E-state index in [1.54, 1.807) is 0 Å². The van der Waals surface area contributed by atoms with Crippen molar-refractivity contribution in [2.45, 2.75) is 122 Å². The largest absolute Gasteiger partial charge is 0.480 e. The number of carbonyl (C=O) groups excluding carboxylic acids is 4. The summed E-state index contributed by atoms with van der Waals surface area (Å²) in [6.07, 6.45) is 5.48. The summed E-state index contributed by atoms with van der Waals surface area (Å²) >= 11 is 5.73. The van der Waals surface area contributed by atoms with Gasteiger partial charge in [0.05, 0.1) is 6.04 Å². The quantitative estimate of drug-likeness (QED) is 0.171. The van der Waals surface area contributed by atoms with Gasteiger partial charge >= 0.3 is 12.1 Å². The maximum Gasteiger partial charge on any atom is 0.408 e. The van der Waals surface area contributed by atoms with E-state index in [1.165, 1.54) is 16.8 Å². The minimum Gasteiger partial charge on any atom is -0.480 e. The zero-order chi connectivity index (χ0) is 30.7. The minimum absolute atomic E-state index is 0.0568. The van der Waals surface area contributed by atoms with Crippen LogP contribution in [0.4, 0.5) is 4.79 Å². The molecule has 0 bridgehead atoms. The van der Waals surface area contributed by atoms with Crippen molar-refractivity contribution in [3.8, 4) is 0 Å². The van der Waals surface area contributed by atoms with Gasteiger partial charge in [0, 0.05) is 19.5 Å². The normalized spacial score (nSPS) is 22.6. The molecule has 0 radical (unpaired) electrons. The third-order valence-corrected chi connectivity index (χ3v) is 8.47. The molecule has 2 rings (SSSR count). The van der Waals surface area contributed by atoms with Crippen LogP contribution in [0.15, 0.2) is 0 Å². The molecule has 0 aromatic rings. The number of carboxylic acids is 1. The number of likely N-dealkylation sites (N-methyl/N-ethyl adjacent to an activating group) is 1. The zero-order valence-corrected chi connectivity index (χ0v) is 26.0. The molecule has 41 heavy (non-hydrogen) atoms. The third-order valence-electron chi connectivity index (χ3n) is 8.20. The van der Waals surface area contributed by atoms with E-state index in [-0.39, 0.29) is 11.8 Å². The van der Waals surface area contributed by atoms with Crippen molar-refractivity contribution in [2.24, 2.45) is 11.8 Å². The van der Waals surface area contributed by atoms with Crippen LogP contribution in [0.1, 0.15) is 91.9 Å². The van der Waals surface area contributed by atoms with Crippen molar-refractivity contribution in [1.29, 1.82) is 0 Å². The fourth-order valence-corrected chi connectivity index (χ4v) is 5.74. The van der Waals surface area contributed by atoms with Crippen LogP contribution in [0.3, 0.4) is 0 Å². The van der Waals surface area contributed by atoms with Gasteiger partial charge in [0.1, 0.15) is 18.1 Å². The molecular weight excluding hydrogens is 552 g/mol. The lowest BCUT2D eigenvalue weighted by molar-refractivity contribution is -0.153. The van der Waals surface area contributed by atoms with Crippen molar-refractivity contribution < 1.29 is 33.8 Å². The van der Waals surface area contributed by atoms with Gasteiger partial charge in [-0.05, 0) is 43.9 Å². The van der Waals surface area contributed by atoms with Crippen molar-refractivity contribution in [3.63, 3.8) is 0 Å². The van der Waals surface area contributed by atoms with Gasteiger partial charge in [-0.1, -0.05) is 59.8 Å². The fraction of sp³-hybridized carbons (Fsp3) is 0.828. The van der Waals surface area contributed by atoms with E-state index in [0.29, 0.717) is 44.5 Å². The number of ether oxygens (including phenoxy) is 1. The molecule has 0 aromatic carbocycles. The number of carboxylic acid groups (broad SMARTS) is 1. The summed E-state index contributed by atoms with van der Waals surface area (Å²) in [5.74, 6) is -2.02. The van der Waals surface area contributed by atoms with Crippen molar-refractivity contribution >= 4 is 41.4 Å². The summed E-state index contributed by atoms with van der Waals surface area (Å²) in [5.41, 5.74) is 0. The summed E-state index contributed by atoms with van der Waals surface area (Å²) in [4.78, 5) is 67.4. The second-order valence-electron chi connectivity index (χ2n) is 11.8. The number of likely N-dealkylation sites (tertiary alicyclic amines) is 1. The summed E-state index contributed by atoms with van der Waals surface area (Å²) < 4.78 is 5.31. The smallest absolute Gasteiger partial charge is 0.408 e. The van der Waals surface area contributed by atoms with Crippen LogP contribution in [0.25, 0.3) is 0 Å². The highest BCUT2D eigenvalue weighted by molar-refractivity contribution is 6.17. The number of nitrogens with zero attached hydrogens (tertiary/aromatic N) is 2. The first-order valence-corrected chi connectivity index (χ1v) is 15.6. The highest BCUT2D eigenvalue weighted by atomic mass is 35.5. The lowest BCUT2D eigenvalue weighted by Crippen LogP contribution is -2.59. The Bertz CT molecular complexity index is 918. The van der Waals surface area contributed by atoms with Crippen LogP contribution < -0.4 is 10.6 Å². The fourth-order valence-electron chi connectivity index (χ4n) is 5.55. The van der Waals surface area contributed by atoms with Gasteiger partial charge in [-0.25, -0.2) is 9.59 Å². The van der Waals surface area contributed by atoms with E-state index < -0.39 is 60.1 Å². The molecule has 234 valence electrons. The number of halogens is 1. The van der Waals surface area contributed by atoms with Gasteiger partial charge in [0.25, 0.3) is 5.91 Å². The van der Waals surface area contributed by atoms with E-state index in [9.17, 15) is 29.1 Å². The summed E-state index contributed by atoms with van der Waals surface area (Å²) in [6.45, 7) is 7.94. The molecule has 12 heteroatoms. The number of rotatable bonds is 17. The second kappa shape index (κ2) is 16.8. The molecule has 4 amide bonds. The highest BCUT2D eigenvalue weighted by Crippen LogP contribution is 2.24. The number of hydrogen-bond acceptors (Lipinski definition) is 6. The van der Waals surface area contributed by atoms with Gasteiger partial charge in [-0.3, -0.25) is 14.4 Å². The average Bonchev–Trinajstić information content (AvgIpc) is 3.57. The number of alkyl halides is 1. The first kappa shape index (κ1) is 34.6. The molecule has 6 atom stereocenters. The predicted octanol–water partition coefficient (Wildman–Crippen LogP) is 3.52. The van der Waals surface area contributed by atoms with Gasteiger partial charge < -0.3 is 30.3 Å². The summed E-state index contributed by atoms with van der Waals surface area (Å²) in [5, 5.41) is 15.2. The maximum absolute atomic E-state index is 13.9. The lowest BCUT2D eigenvalue weighted by atomic mass is 9.94. The molecule has 2 heterocycles. The summed E-state index contributed by atoms with van der Waals surface area (Å²) in [7, 11) is 1.53. The van der Waals surface area contributed by atoms with Crippen LogP contribution in [-0.4, -0.2) is 94.4 Å². The Hall–Kier alpha value is -2.56. The molecule has 0 saturated carbocycles. The molecule has 3 N–H and O–H groups in total. The second-order valence-corrected chi connectivity index (χ2v) is 12.2. The van der Waals surface area contributed by atoms with E-state index in [2.05, 4.69) is 10.6 Å². The molecular formula is C29H49ClN4O7. The number of cyclic esters (lactones) is 1. The Morgan fingerprint density at radius 3 is 2.41 bits per heavy atom. The van der Waals surface area contributed by atoms with Crippen LogP contribution >= 0.6 is 11.6 Å². The Morgan fingerprint density at radius 1 is 1.15 bits per heavy atom. The molecule has 2 aliphatic rings. The molecule has 2 aliphatic heterocycles. The number of amides is 4. The number of aliphatic carboxylic acids is 1. The van der Waals surface area contributed by atoms with Crippen LogP contribution in [0, 0.1) is 11.8 Å². The van der Waals surface area contributed by atoms with Crippen molar-refractivity contribution in [3.05, 3.63) is 0 Å². The highest BCUT2D eigenvalue weighted by Gasteiger charge is 2.44. The number of alkyl carbamates (subject to hydrolysis) is 1. The van der Waals surface area contributed by atoms with Gasteiger partial charge in [-0.2, -0.15) is 0 Å². The van der Waals surface area contributed by atoms with E-state index >= 15 is 0 Å².